The van der Waals surface area contributed by atoms with Crippen LogP contribution in [0.4, 0.5) is 4.39 Å². The minimum absolute atomic E-state index is 0.173. The van der Waals surface area contributed by atoms with Crippen LogP contribution in [-0.2, 0) is 6.54 Å². The third-order valence-electron chi connectivity index (χ3n) is 2.95. The fourth-order valence-corrected chi connectivity index (χ4v) is 2.15. The van der Waals surface area contributed by atoms with Crippen LogP contribution in [0.2, 0.25) is 0 Å². The van der Waals surface area contributed by atoms with Gasteiger partial charge < -0.3 is 10.2 Å². The standard InChI is InChI=1S/C13H18BrFN2/c1-17(7-6-16-12-3-4-12)9-10-8-11(15)2-5-13(10)14/h2,5,8,12,16H,3-4,6-7,9H2,1H3. The van der Waals surface area contributed by atoms with E-state index in [1.165, 1.54) is 18.9 Å². The Hall–Kier alpha value is -0.450. The molecule has 0 aromatic heterocycles. The second-order valence-corrected chi connectivity index (χ2v) is 5.56. The number of benzene rings is 1. The van der Waals surface area contributed by atoms with Crippen LogP contribution < -0.4 is 5.32 Å². The van der Waals surface area contributed by atoms with Gasteiger partial charge in [-0.1, -0.05) is 15.9 Å². The smallest absolute Gasteiger partial charge is 0.123 e. The molecule has 1 aromatic rings. The molecule has 0 aliphatic heterocycles. The van der Waals surface area contributed by atoms with E-state index in [0.29, 0.717) is 0 Å². The fourth-order valence-electron chi connectivity index (χ4n) is 1.78. The van der Waals surface area contributed by atoms with Crippen molar-refractivity contribution in [3.8, 4) is 0 Å². The minimum Gasteiger partial charge on any atom is -0.313 e. The Bertz CT molecular complexity index is 380. The van der Waals surface area contributed by atoms with Crippen molar-refractivity contribution in [1.29, 1.82) is 0 Å². The Morgan fingerprint density at radius 3 is 2.94 bits per heavy atom. The van der Waals surface area contributed by atoms with Gasteiger partial charge in [-0.25, -0.2) is 4.39 Å². The van der Waals surface area contributed by atoms with Crippen LogP contribution in [0.25, 0.3) is 0 Å². The zero-order chi connectivity index (χ0) is 12.3. The summed E-state index contributed by atoms with van der Waals surface area (Å²) in [5.41, 5.74) is 0.999. The van der Waals surface area contributed by atoms with Crippen molar-refractivity contribution in [2.24, 2.45) is 0 Å². The molecule has 2 rings (SSSR count). The average molecular weight is 301 g/mol. The summed E-state index contributed by atoms with van der Waals surface area (Å²) in [6.07, 6.45) is 2.64. The first kappa shape index (κ1) is 13.0. The highest BCUT2D eigenvalue weighted by atomic mass is 79.9. The second-order valence-electron chi connectivity index (χ2n) is 4.70. The molecule has 1 N–H and O–H groups in total. The Labute approximate surface area is 110 Å². The lowest BCUT2D eigenvalue weighted by molar-refractivity contribution is 0.323. The maximum atomic E-state index is 13.1. The first-order valence-electron chi connectivity index (χ1n) is 6.01. The lowest BCUT2D eigenvalue weighted by Gasteiger charge is -2.17. The maximum absolute atomic E-state index is 13.1. The minimum atomic E-state index is -0.173. The number of nitrogens with one attached hydrogen (secondary N) is 1. The molecule has 94 valence electrons. The monoisotopic (exact) mass is 300 g/mol. The Morgan fingerprint density at radius 2 is 2.24 bits per heavy atom. The normalized spacial score (nSPS) is 15.5. The average Bonchev–Trinajstić information content (AvgIpc) is 3.07. The van der Waals surface area contributed by atoms with Gasteiger partial charge in [0.1, 0.15) is 5.82 Å². The molecule has 2 nitrogen and oxygen atoms in total. The Morgan fingerprint density at radius 1 is 1.47 bits per heavy atom. The van der Waals surface area contributed by atoms with Crippen molar-refractivity contribution in [2.75, 3.05) is 20.1 Å². The van der Waals surface area contributed by atoms with Crippen molar-refractivity contribution in [3.63, 3.8) is 0 Å². The number of likely N-dealkylation sites (N-methyl/N-ethyl adjacent to an activating group) is 1. The molecule has 1 aliphatic rings. The third-order valence-corrected chi connectivity index (χ3v) is 3.73. The van der Waals surface area contributed by atoms with Crippen LogP contribution >= 0.6 is 15.9 Å². The Balaban J connectivity index is 1.79. The second kappa shape index (κ2) is 5.94. The van der Waals surface area contributed by atoms with E-state index in [1.54, 1.807) is 12.1 Å². The number of rotatable bonds is 6. The van der Waals surface area contributed by atoms with E-state index in [9.17, 15) is 4.39 Å². The van der Waals surface area contributed by atoms with Gasteiger partial charge in [0.2, 0.25) is 0 Å². The van der Waals surface area contributed by atoms with Crippen molar-refractivity contribution in [1.82, 2.24) is 10.2 Å². The Kier molecular flexibility index (Phi) is 4.54. The SMILES string of the molecule is CN(CCNC1CC1)Cc1cc(F)ccc1Br. The highest BCUT2D eigenvalue weighted by Crippen LogP contribution is 2.20. The van der Waals surface area contributed by atoms with Crippen LogP contribution in [0.1, 0.15) is 18.4 Å². The fraction of sp³-hybridized carbons (Fsp3) is 0.538. The topological polar surface area (TPSA) is 15.3 Å². The van der Waals surface area contributed by atoms with Gasteiger partial charge >= 0.3 is 0 Å². The molecule has 1 aromatic carbocycles. The lowest BCUT2D eigenvalue weighted by atomic mass is 10.2. The maximum Gasteiger partial charge on any atom is 0.123 e. The molecule has 0 amide bonds. The molecule has 0 unspecified atom stereocenters. The molecule has 17 heavy (non-hydrogen) atoms. The van der Waals surface area contributed by atoms with E-state index in [4.69, 9.17) is 0 Å². The largest absolute Gasteiger partial charge is 0.313 e. The summed E-state index contributed by atoms with van der Waals surface area (Å²) in [6, 6.07) is 5.59. The van der Waals surface area contributed by atoms with Gasteiger partial charge in [-0.2, -0.15) is 0 Å². The molecule has 0 heterocycles. The highest BCUT2D eigenvalue weighted by Gasteiger charge is 2.19. The summed E-state index contributed by atoms with van der Waals surface area (Å²) < 4.78 is 14.1. The van der Waals surface area contributed by atoms with Crippen molar-refractivity contribution < 1.29 is 4.39 Å². The molecule has 0 saturated heterocycles. The molecule has 1 fully saturated rings. The quantitative estimate of drug-likeness (QED) is 0.869. The summed E-state index contributed by atoms with van der Waals surface area (Å²) in [4.78, 5) is 2.20. The van der Waals surface area contributed by atoms with Gasteiger partial charge in [0.15, 0.2) is 0 Å². The first-order valence-corrected chi connectivity index (χ1v) is 6.80. The summed E-state index contributed by atoms with van der Waals surface area (Å²) in [5.74, 6) is -0.173. The first-order chi connectivity index (χ1) is 8.15. The van der Waals surface area contributed by atoms with Crippen LogP contribution in [0.5, 0.6) is 0 Å². The molecule has 1 saturated carbocycles. The number of halogens is 2. The molecule has 0 spiro atoms. The molecule has 4 heteroatoms. The molecule has 0 atom stereocenters. The van der Waals surface area contributed by atoms with Crippen molar-refractivity contribution in [2.45, 2.75) is 25.4 Å². The molecule has 1 aliphatic carbocycles. The molecular formula is C13H18BrFN2. The van der Waals surface area contributed by atoms with E-state index in [1.807, 2.05) is 0 Å². The highest BCUT2D eigenvalue weighted by molar-refractivity contribution is 9.10. The van der Waals surface area contributed by atoms with Gasteiger partial charge in [0.25, 0.3) is 0 Å². The number of hydrogen-bond donors (Lipinski definition) is 1. The van der Waals surface area contributed by atoms with Crippen molar-refractivity contribution in [3.05, 3.63) is 34.1 Å². The predicted molar refractivity (Wildman–Crippen MR) is 71.5 cm³/mol. The zero-order valence-corrected chi connectivity index (χ0v) is 11.6. The van der Waals surface area contributed by atoms with E-state index in [-0.39, 0.29) is 5.82 Å². The lowest BCUT2D eigenvalue weighted by Crippen LogP contribution is -2.30. The summed E-state index contributed by atoms with van der Waals surface area (Å²) in [6.45, 7) is 2.76. The molecular weight excluding hydrogens is 283 g/mol. The predicted octanol–water partition coefficient (Wildman–Crippen LogP) is 2.77. The van der Waals surface area contributed by atoms with Crippen LogP contribution in [0, 0.1) is 5.82 Å². The van der Waals surface area contributed by atoms with Crippen LogP contribution in [-0.4, -0.2) is 31.1 Å². The van der Waals surface area contributed by atoms with Crippen LogP contribution in [0.3, 0.4) is 0 Å². The number of nitrogens with zero attached hydrogens (tertiary/aromatic N) is 1. The van der Waals surface area contributed by atoms with Gasteiger partial charge in [0.05, 0.1) is 0 Å². The molecule has 0 bridgehead atoms. The zero-order valence-electron chi connectivity index (χ0n) is 10.0. The van der Waals surface area contributed by atoms with E-state index >= 15 is 0 Å². The molecule has 0 radical (unpaired) electrons. The van der Waals surface area contributed by atoms with E-state index in [2.05, 4.69) is 33.2 Å². The van der Waals surface area contributed by atoms with Crippen LogP contribution in [0.15, 0.2) is 22.7 Å². The van der Waals surface area contributed by atoms with Gasteiger partial charge in [-0.15, -0.1) is 0 Å². The summed E-state index contributed by atoms with van der Waals surface area (Å²) in [7, 11) is 2.06. The van der Waals surface area contributed by atoms with Crippen molar-refractivity contribution >= 4 is 15.9 Å². The van der Waals surface area contributed by atoms with Gasteiger partial charge in [-0.05, 0) is 43.7 Å². The third kappa shape index (κ3) is 4.37. The van der Waals surface area contributed by atoms with E-state index in [0.717, 1.165) is 35.7 Å². The summed E-state index contributed by atoms with van der Waals surface area (Å²) in [5, 5.41) is 3.47. The van der Waals surface area contributed by atoms with Gasteiger partial charge in [-0.3, -0.25) is 0 Å². The van der Waals surface area contributed by atoms with Gasteiger partial charge in [0, 0.05) is 30.1 Å². The van der Waals surface area contributed by atoms with E-state index < -0.39 is 0 Å². The number of hydrogen-bond acceptors (Lipinski definition) is 2. The summed E-state index contributed by atoms with van der Waals surface area (Å²) >= 11 is 3.45.